The van der Waals surface area contributed by atoms with Crippen LogP contribution in [0, 0.1) is 0 Å². The molecule has 1 aromatic rings. The van der Waals surface area contributed by atoms with E-state index in [2.05, 4.69) is 28.9 Å². The monoisotopic (exact) mass is 243 g/mol. The molecule has 0 aliphatic rings. The van der Waals surface area contributed by atoms with Crippen molar-refractivity contribution in [2.75, 3.05) is 13.1 Å². The van der Waals surface area contributed by atoms with Crippen LogP contribution in [-0.2, 0) is 6.42 Å². The Kier molecular flexibility index (Phi) is 4.91. The van der Waals surface area contributed by atoms with Crippen LogP contribution in [0.1, 0.15) is 19.5 Å². The average Bonchev–Trinajstić information content (AvgIpc) is 2.23. The summed E-state index contributed by atoms with van der Waals surface area (Å²) in [4.78, 5) is 3.03. The SMILES string of the molecule is CCN(CC)C(=S)Cc1ccc(Cl)nn1. The number of halogens is 1. The number of rotatable bonds is 4. The number of aromatic nitrogens is 2. The van der Waals surface area contributed by atoms with Crippen LogP contribution in [0.2, 0.25) is 5.15 Å². The van der Waals surface area contributed by atoms with Gasteiger partial charge in [-0.1, -0.05) is 23.8 Å². The standard InChI is InChI=1S/C10H14ClN3S/c1-3-14(4-2)10(15)7-8-5-6-9(11)13-12-8/h5-6H,3-4,7H2,1-2H3. The summed E-state index contributed by atoms with van der Waals surface area (Å²) in [5.41, 5.74) is 0.858. The summed E-state index contributed by atoms with van der Waals surface area (Å²) in [6, 6.07) is 3.58. The zero-order valence-electron chi connectivity index (χ0n) is 8.90. The largest absolute Gasteiger partial charge is 0.366 e. The molecule has 0 amide bonds. The summed E-state index contributed by atoms with van der Waals surface area (Å²) in [7, 11) is 0. The van der Waals surface area contributed by atoms with Crippen molar-refractivity contribution in [1.82, 2.24) is 15.1 Å². The van der Waals surface area contributed by atoms with Crippen LogP contribution in [0.15, 0.2) is 12.1 Å². The second-order valence-electron chi connectivity index (χ2n) is 3.09. The summed E-state index contributed by atoms with van der Waals surface area (Å²) in [6.45, 7) is 6.03. The molecule has 0 atom stereocenters. The van der Waals surface area contributed by atoms with Gasteiger partial charge < -0.3 is 4.90 Å². The highest BCUT2D eigenvalue weighted by Gasteiger charge is 2.07. The van der Waals surface area contributed by atoms with E-state index in [1.807, 2.05) is 6.07 Å². The lowest BCUT2D eigenvalue weighted by molar-refractivity contribution is 0.466. The van der Waals surface area contributed by atoms with E-state index in [-0.39, 0.29) is 0 Å². The average molecular weight is 244 g/mol. The quantitative estimate of drug-likeness (QED) is 0.760. The summed E-state index contributed by atoms with van der Waals surface area (Å²) < 4.78 is 0. The first-order valence-corrected chi connectivity index (χ1v) is 5.71. The molecule has 0 spiro atoms. The fourth-order valence-electron chi connectivity index (χ4n) is 1.28. The fourth-order valence-corrected chi connectivity index (χ4v) is 1.79. The molecular formula is C10H14ClN3S. The van der Waals surface area contributed by atoms with Crippen LogP contribution in [0.4, 0.5) is 0 Å². The van der Waals surface area contributed by atoms with E-state index >= 15 is 0 Å². The van der Waals surface area contributed by atoms with Gasteiger partial charge in [0.1, 0.15) is 0 Å². The van der Waals surface area contributed by atoms with Crippen molar-refractivity contribution in [2.24, 2.45) is 0 Å². The Hall–Kier alpha value is -0.740. The maximum absolute atomic E-state index is 5.65. The lowest BCUT2D eigenvalue weighted by atomic mass is 10.2. The molecule has 0 radical (unpaired) electrons. The smallest absolute Gasteiger partial charge is 0.151 e. The third-order valence-corrected chi connectivity index (χ3v) is 2.74. The maximum atomic E-state index is 5.65. The minimum Gasteiger partial charge on any atom is -0.366 e. The normalized spacial score (nSPS) is 10.1. The van der Waals surface area contributed by atoms with Crippen molar-refractivity contribution >= 4 is 28.8 Å². The second-order valence-corrected chi connectivity index (χ2v) is 3.95. The zero-order chi connectivity index (χ0) is 11.3. The van der Waals surface area contributed by atoms with E-state index in [0.29, 0.717) is 11.6 Å². The summed E-state index contributed by atoms with van der Waals surface area (Å²) >= 11 is 11.0. The van der Waals surface area contributed by atoms with Gasteiger partial charge in [0, 0.05) is 19.5 Å². The maximum Gasteiger partial charge on any atom is 0.151 e. The van der Waals surface area contributed by atoms with Gasteiger partial charge in [0.15, 0.2) is 5.15 Å². The first-order chi connectivity index (χ1) is 7.17. The molecule has 0 aliphatic carbocycles. The predicted molar refractivity (Wildman–Crippen MR) is 66.3 cm³/mol. The van der Waals surface area contributed by atoms with Gasteiger partial charge in [0.05, 0.1) is 10.7 Å². The third kappa shape index (κ3) is 3.72. The number of hydrogen-bond acceptors (Lipinski definition) is 3. The number of hydrogen-bond donors (Lipinski definition) is 0. The Morgan fingerprint density at radius 2 is 2.00 bits per heavy atom. The first kappa shape index (κ1) is 12.3. The van der Waals surface area contributed by atoms with Crippen molar-refractivity contribution in [2.45, 2.75) is 20.3 Å². The third-order valence-electron chi connectivity index (χ3n) is 2.14. The van der Waals surface area contributed by atoms with E-state index in [9.17, 15) is 0 Å². The van der Waals surface area contributed by atoms with Gasteiger partial charge in [0.25, 0.3) is 0 Å². The lowest BCUT2D eigenvalue weighted by Crippen LogP contribution is -2.30. The van der Waals surface area contributed by atoms with Crippen LogP contribution >= 0.6 is 23.8 Å². The van der Waals surface area contributed by atoms with Gasteiger partial charge in [0.2, 0.25) is 0 Å². The Labute approximate surface area is 100 Å². The van der Waals surface area contributed by atoms with E-state index in [4.69, 9.17) is 23.8 Å². The van der Waals surface area contributed by atoms with Gasteiger partial charge in [-0.05, 0) is 26.0 Å². The van der Waals surface area contributed by atoms with Crippen molar-refractivity contribution in [1.29, 1.82) is 0 Å². The molecule has 82 valence electrons. The molecule has 5 heteroatoms. The Balaban J connectivity index is 2.61. The van der Waals surface area contributed by atoms with Crippen molar-refractivity contribution < 1.29 is 0 Å². The molecule has 0 saturated carbocycles. The van der Waals surface area contributed by atoms with Crippen molar-refractivity contribution in [3.8, 4) is 0 Å². The van der Waals surface area contributed by atoms with Gasteiger partial charge in [-0.3, -0.25) is 0 Å². The number of nitrogens with zero attached hydrogens (tertiary/aromatic N) is 3. The molecule has 0 saturated heterocycles. The van der Waals surface area contributed by atoms with Gasteiger partial charge in [-0.25, -0.2) is 0 Å². The highest BCUT2D eigenvalue weighted by molar-refractivity contribution is 7.80. The molecule has 1 heterocycles. The van der Waals surface area contributed by atoms with Crippen LogP contribution in [0.5, 0.6) is 0 Å². The van der Waals surface area contributed by atoms with E-state index < -0.39 is 0 Å². The zero-order valence-corrected chi connectivity index (χ0v) is 10.5. The van der Waals surface area contributed by atoms with Crippen LogP contribution in [-0.4, -0.2) is 33.2 Å². The molecule has 0 aliphatic heterocycles. The molecule has 0 aromatic carbocycles. The highest BCUT2D eigenvalue weighted by Crippen LogP contribution is 2.05. The van der Waals surface area contributed by atoms with Gasteiger partial charge in [-0.15, -0.1) is 5.10 Å². The molecule has 1 aromatic heterocycles. The summed E-state index contributed by atoms with van der Waals surface area (Å²) in [5, 5.41) is 8.16. The molecule has 0 fully saturated rings. The van der Waals surface area contributed by atoms with Crippen LogP contribution < -0.4 is 0 Å². The van der Waals surface area contributed by atoms with E-state index in [1.165, 1.54) is 0 Å². The van der Waals surface area contributed by atoms with Crippen molar-refractivity contribution in [3.63, 3.8) is 0 Å². The molecular weight excluding hydrogens is 230 g/mol. The van der Waals surface area contributed by atoms with Gasteiger partial charge >= 0.3 is 0 Å². The molecule has 3 nitrogen and oxygen atoms in total. The van der Waals surface area contributed by atoms with Crippen LogP contribution in [0.25, 0.3) is 0 Å². The van der Waals surface area contributed by atoms with Crippen LogP contribution in [0.3, 0.4) is 0 Å². The van der Waals surface area contributed by atoms with Gasteiger partial charge in [-0.2, -0.15) is 5.10 Å². The topological polar surface area (TPSA) is 29.0 Å². The van der Waals surface area contributed by atoms with E-state index in [1.54, 1.807) is 6.07 Å². The molecule has 0 bridgehead atoms. The fraction of sp³-hybridized carbons (Fsp3) is 0.500. The number of likely N-dealkylation sites (N-methyl/N-ethyl adjacent to an activating group) is 1. The van der Waals surface area contributed by atoms with Crippen molar-refractivity contribution in [3.05, 3.63) is 23.0 Å². The van der Waals surface area contributed by atoms with E-state index in [0.717, 1.165) is 23.8 Å². The highest BCUT2D eigenvalue weighted by atomic mass is 35.5. The molecule has 0 N–H and O–H groups in total. The predicted octanol–water partition coefficient (Wildman–Crippen LogP) is 2.34. The summed E-state index contributed by atoms with van der Waals surface area (Å²) in [5.74, 6) is 0. The minimum atomic E-state index is 0.410. The molecule has 15 heavy (non-hydrogen) atoms. The molecule has 1 rings (SSSR count). The Morgan fingerprint density at radius 1 is 1.33 bits per heavy atom. The first-order valence-electron chi connectivity index (χ1n) is 4.93. The Bertz CT molecular complexity index is 322. The number of thiocarbonyl (C=S) groups is 1. The summed E-state index contributed by atoms with van der Waals surface area (Å²) in [6.07, 6.45) is 0.654. The lowest BCUT2D eigenvalue weighted by Gasteiger charge is -2.21. The molecule has 0 unspecified atom stereocenters. The second kappa shape index (κ2) is 5.98. The Morgan fingerprint density at radius 3 is 2.47 bits per heavy atom. The minimum absolute atomic E-state index is 0.410.